The lowest BCUT2D eigenvalue weighted by Crippen LogP contribution is -2.09. The highest BCUT2D eigenvalue weighted by Gasteiger charge is 2.28. The molecule has 9 heteroatoms. The lowest BCUT2D eigenvalue weighted by atomic mass is 10.1. The van der Waals surface area contributed by atoms with Crippen LogP contribution in [-0.4, -0.2) is 14.2 Å². The number of carbonyl (C=O) groups is 1. The molecule has 0 aromatic heterocycles. The molecule has 30 heavy (non-hydrogen) atoms. The summed E-state index contributed by atoms with van der Waals surface area (Å²) in [6.07, 6.45) is 1.50. The van der Waals surface area contributed by atoms with Gasteiger partial charge in [-0.05, 0) is 60.2 Å². The molecule has 3 aromatic rings. The molecule has 0 N–H and O–H groups in total. The number of ketones is 1. The maximum absolute atomic E-state index is 13.0. The molecule has 0 atom stereocenters. The molecular formula is C21H11Cl2FO5S. The summed E-state index contributed by atoms with van der Waals surface area (Å²) in [6, 6.07) is 13.1. The molecule has 0 saturated heterocycles. The van der Waals surface area contributed by atoms with E-state index in [-0.39, 0.29) is 33.5 Å². The van der Waals surface area contributed by atoms with Crippen molar-refractivity contribution >= 4 is 45.2 Å². The Morgan fingerprint density at radius 1 is 0.933 bits per heavy atom. The fraction of sp³-hybridized carbons (Fsp3) is 0. The van der Waals surface area contributed by atoms with Gasteiger partial charge in [0.2, 0.25) is 5.78 Å². The summed E-state index contributed by atoms with van der Waals surface area (Å²) in [5.74, 6) is -0.801. The number of carbonyl (C=O) groups excluding carboxylic acids is 1. The third kappa shape index (κ3) is 4.05. The van der Waals surface area contributed by atoms with Gasteiger partial charge < -0.3 is 8.92 Å². The zero-order valence-corrected chi connectivity index (χ0v) is 17.3. The minimum Gasteiger partial charge on any atom is -0.452 e. The quantitative estimate of drug-likeness (QED) is 0.375. The van der Waals surface area contributed by atoms with Crippen molar-refractivity contribution < 1.29 is 26.5 Å². The Kier molecular flexibility index (Phi) is 5.27. The Hall–Kier alpha value is -2.87. The average molecular weight is 465 g/mol. The van der Waals surface area contributed by atoms with Crippen molar-refractivity contribution in [3.05, 3.63) is 93.4 Å². The maximum atomic E-state index is 13.0. The van der Waals surface area contributed by atoms with E-state index in [0.717, 1.165) is 24.3 Å². The fourth-order valence-electron chi connectivity index (χ4n) is 2.75. The van der Waals surface area contributed by atoms with Crippen molar-refractivity contribution in [1.82, 2.24) is 0 Å². The second-order valence-electron chi connectivity index (χ2n) is 6.26. The number of hydrogen-bond donors (Lipinski definition) is 0. The molecule has 4 rings (SSSR count). The Bertz CT molecular complexity index is 1300. The van der Waals surface area contributed by atoms with E-state index in [1.54, 1.807) is 18.2 Å². The second kappa shape index (κ2) is 7.75. The molecule has 0 amide bonds. The third-order valence-electron chi connectivity index (χ3n) is 4.19. The van der Waals surface area contributed by atoms with Crippen LogP contribution in [0.4, 0.5) is 4.39 Å². The van der Waals surface area contributed by atoms with E-state index in [4.69, 9.17) is 32.1 Å². The summed E-state index contributed by atoms with van der Waals surface area (Å²) >= 11 is 11.9. The van der Waals surface area contributed by atoms with Crippen molar-refractivity contribution in [2.75, 3.05) is 0 Å². The largest absolute Gasteiger partial charge is 0.452 e. The summed E-state index contributed by atoms with van der Waals surface area (Å²) in [7, 11) is -4.18. The molecular weight excluding hydrogens is 454 g/mol. The van der Waals surface area contributed by atoms with Crippen LogP contribution in [0.5, 0.6) is 11.5 Å². The highest BCUT2D eigenvalue weighted by Crippen LogP contribution is 2.36. The molecule has 1 aliphatic heterocycles. The minimum absolute atomic E-state index is 0.0435. The van der Waals surface area contributed by atoms with Crippen molar-refractivity contribution in [1.29, 1.82) is 0 Å². The smallest absolute Gasteiger partial charge is 0.339 e. The van der Waals surface area contributed by atoms with Gasteiger partial charge in [-0.1, -0.05) is 29.3 Å². The second-order valence-corrected chi connectivity index (χ2v) is 8.62. The highest BCUT2D eigenvalue weighted by atomic mass is 35.5. The van der Waals surface area contributed by atoms with Crippen molar-refractivity contribution in [3.63, 3.8) is 0 Å². The number of benzene rings is 3. The first-order chi connectivity index (χ1) is 14.2. The average Bonchev–Trinajstić information content (AvgIpc) is 2.99. The van der Waals surface area contributed by atoms with Crippen molar-refractivity contribution in [3.8, 4) is 11.5 Å². The van der Waals surface area contributed by atoms with E-state index in [1.165, 1.54) is 24.3 Å². The van der Waals surface area contributed by atoms with E-state index in [9.17, 15) is 17.6 Å². The topological polar surface area (TPSA) is 69.7 Å². The zero-order valence-electron chi connectivity index (χ0n) is 14.9. The van der Waals surface area contributed by atoms with Gasteiger partial charge in [0.1, 0.15) is 22.2 Å². The summed E-state index contributed by atoms with van der Waals surface area (Å²) in [5, 5.41) is 0.709. The molecule has 5 nitrogen and oxygen atoms in total. The number of ether oxygens (including phenoxy) is 1. The van der Waals surface area contributed by atoms with Gasteiger partial charge in [-0.2, -0.15) is 8.42 Å². The van der Waals surface area contributed by atoms with Crippen LogP contribution in [0, 0.1) is 5.82 Å². The number of hydrogen-bond acceptors (Lipinski definition) is 5. The van der Waals surface area contributed by atoms with Crippen molar-refractivity contribution in [2.45, 2.75) is 4.90 Å². The zero-order chi connectivity index (χ0) is 21.5. The maximum Gasteiger partial charge on any atom is 0.339 e. The minimum atomic E-state index is -4.18. The monoisotopic (exact) mass is 464 g/mol. The summed E-state index contributed by atoms with van der Waals surface area (Å²) in [5.41, 5.74) is 0.865. The molecule has 1 heterocycles. The highest BCUT2D eigenvalue weighted by molar-refractivity contribution is 7.87. The predicted octanol–water partition coefficient (Wildman–Crippen LogP) is 5.52. The van der Waals surface area contributed by atoms with E-state index in [1.807, 2.05) is 0 Å². The standard InChI is InChI=1S/C21H11Cl2FO5S/c22-17-8-1-12(9-18(17)23)10-20-21(25)16-7-4-14(11-19(16)28-20)29-30(26,27)15-5-2-13(24)3-6-15/h1-11H. The van der Waals surface area contributed by atoms with E-state index in [2.05, 4.69) is 0 Å². The molecule has 0 aliphatic carbocycles. The SMILES string of the molecule is O=C1C(=Cc2ccc(Cl)c(Cl)c2)Oc2cc(OS(=O)(=O)c3ccc(F)cc3)ccc21. The molecule has 0 radical (unpaired) electrons. The normalized spacial score (nSPS) is 14.5. The molecule has 152 valence electrons. The van der Waals surface area contributed by atoms with Gasteiger partial charge >= 0.3 is 10.1 Å². The van der Waals surface area contributed by atoms with Crippen molar-refractivity contribution in [2.24, 2.45) is 0 Å². The van der Waals surface area contributed by atoms with Crippen LogP contribution in [0.1, 0.15) is 15.9 Å². The summed E-state index contributed by atoms with van der Waals surface area (Å²) in [6.45, 7) is 0. The van der Waals surface area contributed by atoms with E-state index < -0.39 is 15.9 Å². The lowest BCUT2D eigenvalue weighted by molar-refractivity contribution is 0.101. The van der Waals surface area contributed by atoms with Gasteiger partial charge in [0.25, 0.3) is 0 Å². The Morgan fingerprint density at radius 3 is 2.37 bits per heavy atom. The van der Waals surface area contributed by atoms with Crippen LogP contribution in [-0.2, 0) is 10.1 Å². The number of halogens is 3. The molecule has 0 fully saturated rings. The van der Waals surface area contributed by atoms with Crippen LogP contribution >= 0.6 is 23.2 Å². The Labute approximate surface area is 181 Å². The number of allylic oxidation sites excluding steroid dienone is 1. The van der Waals surface area contributed by atoms with Crippen LogP contribution in [0.2, 0.25) is 10.0 Å². The molecule has 1 aliphatic rings. The number of fused-ring (bicyclic) bond motifs is 1. The molecule has 0 unspecified atom stereocenters. The van der Waals surface area contributed by atoms with Crippen LogP contribution in [0.15, 0.2) is 71.3 Å². The van der Waals surface area contributed by atoms with Crippen LogP contribution in [0.3, 0.4) is 0 Å². The molecule has 0 spiro atoms. The van der Waals surface area contributed by atoms with Gasteiger partial charge in [-0.15, -0.1) is 0 Å². The first kappa shape index (κ1) is 20.4. The van der Waals surface area contributed by atoms with E-state index >= 15 is 0 Å². The molecule has 0 bridgehead atoms. The third-order valence-corrected chi connectivity index (χ3v) is 6.19. The van der Waals surface area contributed by atoms with Gasteiger partial charge in [-0.3, -0.25) is 4.79 Å². The Balaban J connectivity index is 1.59. The fourth-order valence-corrected chi connectivity index (χ4v) is 3.98. The summed E-state index contributed by atoms with van der Waals surface area (Å²) < 4.78 is 48.4. The first-order valence-corrected chi connectivity index (χ1v) is 10.6. The first-order valence-electron chi connectivity index (χ1n) is 8.46. The van der Waals surface area contributed by atoms with Crippen LogP contribution < -0.4 is 8.92 Å². The predicted molar refractivity (Wildman–Crippen MR) is 110 cm³/mol. The number of Topliss-reactive ketones (excluding diaryl/α,β-unsaturated/α-hetero) is 1. The van der Waals surface area contributed by atoms with Gasteiger partial charge in [0.15, 0.2) is 5.76 Å². The molecule has 3 aromatic carbocycles. The molecule has 0 saturated carbocycles. The van der Waals surface area contributed by atoms with Gasteiger partial charge in [-0.25, -0.2) is 4.39 Å². The van der Waals surface area contributed by atoms with Gasteiger partial charge in [0.05, 0.1) is 15.6 Å². The van der Waals surface area contributed by atoms with E-state index in [0.29, 0.717) is 15.6 Å². The lowest BCUT2D eigenvalue weighted by Gasteiger charge is -2.08. The summed E-state index contributed by atoms with van der Waals surface area (Å²) in [4.78, 5) is 12.3. The van der Waals surface area contributed by atoms with Gasteiger partial charge in [0, 0.05) is 6.07 Å². The Morgan fingerprint density at radius 2 is 1.67 bits per heavy atom. The van der Waals surface area contributed by atoms with Crippen LogP contribution in [0.25, 0.3) is 6.08 Å². The number of rotatable bonds is 4.